The van der Waals surface area contributed by atoms with Crippen molar-refractivity contribution >= 4 is 5.91 Å². The summed E-state index contributed by atoms with van der Waals surface area (Å²) >= 11 is 0. The summed E-state index contributed by atoms with van der Waals surface area (Å²) < 4.78 is 0. The Bertz CT molecular complexity index is 876. The minimum Gasteiger partial charge on any atom is -0.396 e. The summed E-state index contributed by atoms with van der Waals surface area (Å²) in [7, 11) is 1.87. The van der Waals surface area contributed by atoms with Gasteiger partial charge in [-0.15, -0.1) is 0 Å². The highest BCUT2D eigenvalue weighted by Gasteiger charge is 2.12. The van der Waals surface area contributed by atoms with Crippen molar-refractivity contribution in [3.8, 4) is 0 Å². The molecule has 0 bridgehead atoms. The third-order valence-corrected chi connectivity index (χ3v) is 5.36. The van der Waals surface area contributed by atoms with Gasteiger partial charge in [-0.1, -0.05) is 84.9 Å². The van der Waals surface area contributed by atoms with Gasteiger partial charge in [0.1, 0.15) is 0 Å². The summed E-state index contributed by atoms with van der Waals surface area (Å²) in [5.74, 6) is 0.221. The molecule has 0 saturated carbocycles. The Morgan fingerprint density at radius 2 is 1.41 bits per heavy atom. The van der Waals surface area contributed by atoms with Crippen LogP contribution >= 0.6 is 0 Å². The van der Waals surface area contributed by atoms with Crippen LogP contribution in [-0.4, -0.2) is 36.1 Å². The van der Waals surface area contributed by atoms with Crippen LogP contribution in [0, 0.1) is 0 Å². The maximum absolute atomic E-state index is 12.5. The summed E-state index contributed by atoms with van der Waals surface area (Å²) in [6.07, 6.45) is 2.06. The van der Waals surface area contributed by atoms with E-state index in [0.29, 0.717) is 6.42 Å². The lowest BCUT2D eigenvalue weighted by molar-refractivity contribution is -0.129. The predicted molar refractivity (Wildman–Crippen MR) is 118 cm³/mol. The van der Waals surface area contributed by atoms with Gasteiger partial charge < -0.3 is 10.0 Å². The number of likely N-dealkylation sites (N-methyl/N-ethyl adjacent to an activating group) is 1. The molecule has 0 aliphatic carbocycles. The van der Waals surface area contributed by atoms with Crippen molar-refractivity contribution in [3.63, 3.8) is 0 Å². The minimum atomic E-state index is 0.0906. The number of carbonyl (C=O) groups excluding carboxylic acids is 1. The van der Waals surface area contributed by atoms with Crippen molar-refractivity contribution in [3.05, 3.63) is 107 Å². The number of rotatable bonds is 9. The second-order valence-corrected chi connectivity index (χ2v) is 7.54. The van der Waals surface area contributed by atoms with Crippen molar-refractivity contribution in [1.82, 2.24) is 4.90 Å². The molecule has 3 heteroatoms. The highest BCUT2D eigenvalue weighted by atomic mass is 16.3. The Hall–Kier alpha value is -2.91. The fourth-order valence-electron chi connectivity index (χ4n) is 3.47. The molecule has 3 aromatic carbocycles. The third kappa shape index (κ3) is 6.30. The monoisotopic (exact) mass is 387 g/mol. The van der Waals surface area contributed by atoms with Crippen LogP contribution in [0.15, 0.2) is 84.9 Å². The molecule has 0 heterocycles. The van der Waals surface area contributed by atoms with Gasteiger partial charge in [-0.25, -0.2) is 0 Å². The standard InChI is InChI=1S/C26H29NO2/c1-27(17-16-21-8-4-2-5-9-21)26(29)19-23-14-12-22(13-15-23)18-25(20-28)24-10-6-3-7-11-24/h2-15,25,28H,16-20H2,1H3. The summed E-state index contributed by atoms with van der Waals surface area (Å²) in [4.78, 5) is 14.3. The van der Waals surface area contributed by atoms with E-state index in [1.807, 2.05) is 55.6 Å². The first-order valence-electron chi connectivity index (χ1n) is 10.2. The molecule has 0 aliphatic heterocycles. The minimum absolute atomic E-state index is 0.0906. The van der Waals surface area contributed by atoms with Crippen LogP contribution in [-0.2, 0) is 24.1 Å². The van der Waals surface area contributed by atoms with Crippen molar-refractivity contribution in [2.24, 2.45) is 0 Å². The van der Waals surface area contributed by atoms with E-state index in [9.17, 15) is 9.90 Å². The molecule has 3 nitrogen and oxygen atoms in total. The van der Waals surface area contributed by atoms with Gasteiger partial charge in [-0.05, 0) is 35.1 Å². The fourth-order valence-corrected chi connectivity index (χ4v) is 3.47. The summed E-state index contributed by atoms with van der Waals surface area (Å²) in [6, 6.07) is 28.5. The van der Waals surface area contributed by atoms with Gasteiger partial charge in [0.05, 0.1) is 13.0 Å². The predicted octanol–water partition coefficient (Wildman–Crippen LogP) is 4.25. The quantitative estimate of drug-likeness (QED) is 0.596. The first kappa shape index (κ1) is 20.8. The average molecular weight is 388 g/mol. The van der Waals surface area contributed by atoms with E-state index in [1.165, 1.54) is 11.1 Å². The molecule has 0 radical (unpaired) electrons. The van der Waals surface area contributed by atoms with Gasteiger partial charge in [0.15, 0.2) is 0 Å². The van der Waals surface area contributed by atoms with Crippen molar-refractivity contribution < 1.29 is 9.90 Å². The molecule has 0 saturated heterocycles. The summed E-state index contributed by atoms with van der Waals surface area (Å²) in [5, 5.41) is 9.76. The molecule has 1 unspecified atom stereocenters. The zero-order valence-electron chi connectivity index (χ0n) is 17.0. The molecule has 0 fully saturated rings. The van der Waals surface area contributed by atoms with Crippen molar-refractivity contribution in [2.45, 2.75) is 25.2 Å². The largest absolute Gasteiger partial charge is 0.396 e. The Labute approximate surface area is 173 Å². The summed E-state index contributed by atoms with van der Waals surface area (Å²) in [5.41, 5.74) is 4.58. The average Bonchev–Trinajstić information content (AvgIpc) is 2.78. The Morgan fingerprint density at radius 3 is 2.03 bits per heavy atom. The van der Waals surface area contributed by atoms with E-state index in [0.717, 1.165) is 30.5 Å². The number of nitrogens with zero attached hydrogens (tertiary/aromatic N) is 1. The second kappa shape index (κ2) is 10.6. The Kier molecular flexibility index (Phi) is 7.60. The highest BCUT2D eigenvalue weighted by Crippen LogP contribution is 2.21. The van der Waals surface area contributed by atoms with Crippen LogP contribution in [0.4, 0.5) is 0 Å². The number of hydrogen-bond donors (Lipinski definition) is 1. The topological polar surface area (TPSA) is 40.5 Å². The van der Waals surface area contributed by atoms with E-state index in [-0.39, 0.29) is 18.4 Å². The van der Waals surface area contributed by atoms with Crippen LogP contribution in [0.1, 0.15) is 28.2 Å². The molecule has 3 aromatic rings. The molecule has 1 amide bonds. The molecule has 1 N–H and O–H groups in total. The normalized spacial score (nSPS) is 11.8. The number of hydrogen-bond acceptors (Lipinski definition) is 2. The van der Waals surface area contributed by atoms with Crippen LogP contribution < -0.4 is 0 Å². The van der Waals surface area contributed by atoms with Gasteiger partial charge in [0.25, 0.3) is 0 Å². The fraction of sp³-hybridized carbons (Fsp3) is 0.269. The first-order valence-corrected chi connectivity index (χ1v) is 10.2. The van der Waals surface area contributed by atoms with Gasteiger partial charge in [0, 0.05) is 19.5 Å². The van der Waals surface area contributed by atoms with Gasteiger partial charge in [-0.2, -0.15) is 0 Å². The van der Waals surface area contributed by atoms with E-state index in [2.05, 4.69) is 36.4 Å². The third-order valence-electron chi connectivity index (χ3n) is 5.36. The lowest BCUT2D eigenvalue weighted by Crippen LogP contribution is -2.30. The van der Waals surface area contributed by atoms with E-state index in [1.54, 1.807) is 4.90 Å². The lowest BCUT2D eigenvalue weighted by Gasteiger charge is -2.18. The first-order chi connectivity index (χ1) is 14.2. The zero-order valence-corrected chi connectivity index (χ0v) is 17.0. The smallest absolute Gasteiger partial charge is 0.226 e. The second-order valence-electron chi connectivity index (χ2n) is 7.54. The molecule has 0 aromatic heterocycles. The van der Waals surface area contributed by atoms with E-state index >= 15 is 0 Å². The van der Waals surface area contributed by atoms with Gasteiger partial charge >= 0.3 is 0 Å². The van der Waals surface area contributed by atoms with Crippen molar-refractivity contribution in [1.29, 1.82) is 0 Å². The molecule has 3 rings (SSSR count). The maximum Gasteiger partial charge on any atom is 0.226 e. The van der Waals surface area contributed by atoms with Crippen LogP contribution in [0.3, 0.4) is 0 Å². The molecule has 150 valence electrons. The number of aliphatic hydroxyl groups is 1. The van der Waals surface area contributed by atoms with Crippen molar-refractivity contribution in [2.75, 3.05) is 20.2 Å². The molecular formula is C26H29NO2. The number of amides is 1. The molecule has 1 atom stereocenters. The highest BCUT2D eigenvalue weighted by molar-refractivity contribution is 5.78. The van der Waals surface area contributed by atoms with E-state index < -0.39 is 0 Å². The summed E-state index contributed by atoms with van der Waals surface area (Å²) in [6.45, 7) is 0.840. The lowest BCUT2D eigenvalue weighted by atomic mass is 9.92. The molecule has 0 spiro atoms. The SMILES string of the molecule is CN(CCc1ccccc1)C(=O)Cc1ccc(CC(CO)c2ccccc2)cc1. The van der Waals surface area contributed by atoms with Crippen LogP contribution in [0.5, 0.6) is 0 Å². The van der Waals surface area contributed by atoms with Gasteiger partial charge in [-0.3, -0.25) is 4.79 Å². The van der Waals surface area contributed by atoms with E-state index in [4.69, 9.17) is 0 Å². The molecule has 29 heavy (non-hydrogen) atoms. The molecular weight excluding hydrogens is 358 g/mol. The van der Waals surface area contributed by atoms with Crippen LogP contribution in [0.25, 0.3) is 0 Å². The van der Waals surface area contributed by atoms with Crippen LogP contribution in [0.2, 0.25) is 0 Å². The number of benzene rings is 3. The zero-order chi connectivity index (χ0) is 20.5. The Balaban J connectivity index is 1.52. The maximum atomic E-state index is 12.5. The molecule has 0 aliphatic rings. The Morgan fingerprint density at radius 1 is 0.828 bits per heavy atom. The number of aliphatic hydroxyl groups excluding tert-OH is 1. The van der Waals surface area contributed by atoms with Gasteiger partial charge in [0.2, 0.25) is 5.91 Å². The number of carbonyl (C=O) groups is 1.